The van der Waals surface area contributed by atoms with Crippen LogP contribution in [0.4, 0.5) is 0 Å². The van der Waals surface area contributed by atoms with E-state index in [9.17, 15) is 10.1 Å². The fourth-order valence-electron chi connectivity index (χ4n) is 4.74. The highest BCUT2D eigenvalue weighted by Gasteiger charge is 2.28. The molecule has 1 aliphatic carbocycles. The quantitative estimate of drug-likeness (QED) is 0.257. The summed E-state index contributed by atoms with van der Waals surface area (Å²) in [7, 11) is 0. The average molecular weight is 489 g/mol. The van der Waals surface area contributed by atoms with Gasteiger partial charge in [0.25, 0.3) is 0 Å². The number of aryl methyl sites for hydroxylation is 1. The first-order valence-corrected chi connectivity index (χ1v) is 13.2. The number of ketones is 1. The van der Waals surface area contributed by atoms with Crippen molar-refractivity contribution in [1.82, 2.24) is 5.32 Å². The second kappa shape index (κ2) is 10.4. The fourth-order valence-corrected chi connectivity index (χ4v) is 5.68. The van der Waals surface area contributed by atoms with Crippen molar-refractivity contribution < 1.29 is 4.79 Å². The summed E-state index contributed by atoms with van der Waals surface area (Å²) < 4.78 is 0. The van der Waals surface area contributed by atoms with Crippen LogP contribution < -0.4 is 5.32 Å². The Morgan fingerprint density at radius 2 is 1.67 bits per heavy atom. The van der Waals surface area contributed by atoms with Gasteiger partial charge in [-0.3, -0.25) is 4.79 Å². The number of nitrogens with zero attached hydrogens (tertiary/aromatic N) is 1. The molecule has 0 aromatic heterocycles. The predicted molar refractivity (Wildman–Crippen MR) is 148 cm³/mol. The molecule has 0 atom stereocenters. The zero-order valence-electron chi connectivity index (χ0n) is 20.5. The minimum Gasteiger partial charge on any atom is -0.383 e. The molecule has 178 valence electrons. The zero-order valence-corrected chi connectivity index (χ0v) is 21.4. The molecular formula is C32H28N2OS. The van der Waals surface area contributed by atoms with Gasteiger partial charge in [-0.15, -0.1) is 0 Å². The molecule has 0 fully saturated rings. The Morgan fingerprint density at radius 3 is 2.39 bits per heavy atom. The normalized spacial score (nSPS) is 12.8. The topological polar surface area (TPSA) is 52.9 Å². The number of Topliss-reactive ketones (excluding diaryl/α,β-unsaturated/α-hetero) is 1. The van der Waals surface area contributed by atoms with E-state index >= 15 is 0 Å². The molecule has 1 aliphatic rings. The van der Waals surface area contributed by atoms with E-state index in [1.54, 1.807) is 11.8 Å². The van der Waals surface area contributed by atoms with Crippen LogP contribution in [-0.4, -0.2) is 12.3 Å². The van der Waals surface area contributed by atoms with E-state index in [0.29, 0.717) is 23.7 Å². The van der Waals surface area contributed by atoms with Crippen LogP contribution in [0.2, 0.25) is 0 Å². The Bertz CT molecular complexity index is 1500. The molecule has 0 unspecified atom stereocenters. The minimum absolute atomic E-state index is 0.194. The molecule has 4 aromatic carbocycles. The Hall–Kier alpha value is -3.81. The SMILES string of the molecule is CC(C)c1ccc(Sc2ccc3c4c(cccc24)C(=O)C(C#N)=C3NCCCc2ccccc2)cc1. The van der Waals surface area contributed by atoms with Crippen LogP contribution in [0.3, 0.4) is 0 Å². The summed E-state index contributed by atoms with van der Waals surface area (Å²) in [6, 6.07) is 31.2. The number of rotatable bonds is 8. The van der Waals surface area contributed by atoms with Gasteiger partial charge < -0.3 is 5.32 Å². The highest BCUT2D eigenvalue weighted by Crippen LogP contribution is 2.41. The van der Waals surface area contributed by atoms with E-state index in [1.807, 2.05) is 30.3 Å². The number of allylic oxidation sites excluding steroid dienone is 1. The van der Waals surface area contributed by atoms with E-state index in [4.69, 9.17) is 0 Å². The molecule has 4 aromatic rings. The summed E-state index contributed by atoms with van der Waals surface area (Å²) in [6.45, 7) is 5.08. The predicted octanol–water partition coefficient (Wildman–Crippen LogP) is 7.77. The summed E-state index contributed by atoms with van der Waals surface area (Å²) in [4.78, 5) is 15.6. The van der Waals surface area contributed by atoms with E-state index in [-0.39, 0.29) is 11.4 Å². The number of benzene rings is 4. The van der Waals surface area contributed by atoms with Crippen molar-refractivity contribution in [3.8, 4) is 6.07 Å². The monoisotopic (exact) mass is 488 g/mol. The highest BCUT2D eigenvalue weighted by molar-refractivity contribution is 7.99. The number of nitriles is 1. The molecule has 3 nitrogen and oxygen atoms in total. The summed E-state index contributed by atoms with van der Waals surface area (Å²) in [5.74, 6) is 0.292. The van der Waals surface area contributed by atoms with Crippen LogP contribution in [0, 0.1) is 11.3 Å². The third kappa shape index (κ3) is 4.67. The maximum atomic E-state index is 13.3. The fraction of sp³-hybridized carbons (Fsp3) is 0.188. The smallest absolute Gasteiger partial charge is 0.206 e. The van der Waals surface area contributed by atoms with Gasteiger partial charge in [-0.1, -0.05) is 92.3 Å². The average Bonchev–Trinajstić information content (AvgIpc) is 2.91. The second-order valence-electron chi connectivity index (χ2n) is 9.37. The molecule has 1 N–H and O–H groups in total. The second-order valence-corrected chi connectivity index (χ2v) is 10.5. The van der Waals surface area contributed by atoms with E-state index in [0.717, 1.165) is 39.0 Å². The van der Waals surface area contributed by atoms with Gasteiger partial charge in [0.15, 0.2) is 0 Å². The molecule has 0 aliphatic heterocycles. The zero-order chi connectivity index (χ0) is 25.1. The van der Waals surface area contributed by atoms with Crippen molar-refractivity contribution >= 4 is 34.0 Å². The van der Waals surface area contributed by atoms with Crippen molar-refractivity contribution in [2.24, 2.45) is 0 Å². The first-order valence-electron chi connectivity index (χ1n) is 12.4. The lowest BCUT2D eigenvalue weighted by Gasteiger charge is -2.22. The largest absolute Gasteiger partial charge is 0.383 e. The summed E-state index contributed by atoms with van der Waals surface area (Å²) in [5.41, 5.74) is 4.97. The number of hydrogen-bond donors (Lipinski definition) is 1. The maximum Gasteiger partial charge on any atom is 0.206 e. The summed E-state index contributed by atoms with van der Waals surface area (Å²) in [6.07, 6.45) is 1.85. The molecule has 5 rings (SSSR count). The van der Waals surface area contributed by atoms with E-state index in [2.05, 4.69) is 79.8 Å². The molecule has 0 heterocycles. The van der Waals surface area contributed by atoms with Crippen molar-refractivity contribution in [2.45, 2.75) is 42.4 Å². The first-order chi connectivity index (χ1) is 17.6. The van der Waals surface area contributed by atoms with Crippen LogP contribution in [-0.2, 0) is 6.42 Å². The lowest BCUT2D eigenvalue weighted by molar-refractivity contribution is 0.104. The van der Waals surface area contributed by atoms with Gasteiger partial charge in [-0.25, -0.2) is 0 Å². The van der Waals surface area contributed by atoms with Crippen molar-refractivity contribution in [3.05, 3.63) is 113 Å². The molecule has 0 saturated heterocycles. The molecule has 0 bridgehead atoms. The number of carbonyl (C=O) groups excluding carboxylic acids is 1. The van der Waals surface area contributed by atoms with Gasteiger partial charge in [0.1, 0.15) is 11.6 Å². The number of carbonyl (C=O) groups is 1. The van der Waals surface area contributed by atoms with Gasteiger partial charge in [-0.05, 0) is 53.5 Å². The van der Waals surface area contributed by atoms with Crippen LogP contribution >= 0.6 is 11.8 Å². The Balaban J connectivity index is 1.46. The van der Waals surface area contributed by atoms with Crippen LogP contribution in [0.1, 0.15) is 53.2 Å². The number of hydrogen-bond acceptors (Lipinski definition) is 4. The maximum absolute atomic E-state index is 13.3. The van der Waals surface area contributed by atoms with E-state index in [1.165, 1.54) is 11.1 Å². The van der Waals surface area contributed by atoms with Crippen LogP contribution in [0.25, 0.3) is 16.5 Å². The van der Waals surface area contributed by atoms with Gasteiger partial charge in [-0.2, -0.15) is 5.26 Å². The Kier molecular flexibility index (Phi) is 6.93. The van der Waals surface area contributed by atoms with Gasteiger partial charge in [0, 0.05) is 32.8 Å². The lowest BCUT2D eigenvalue weighted by Crippen LogP contribution is -2.22. The third-order valence-electron chi connectivity index (χ3n) is 6.66. The molecule has 0 saturated carbocycles. The minimum atomic E-state index is -0.204. The molecule has 0 radical (unpaired) electrons. The summed E-state index contributed by atoms with van der Waals surface area (Å²) in [5, 5.41) is 15.3. The van der Waals surface area contributed by atoms with Crippen molar-refractivity contribution in [2.75, 3.05) is 6.54 Å². The number of nitrogens with one attached hydrogen (secondary N) is 1. The van der Waals surface area contributed by atoms with Gasteiger partial charge in [0.2, 0.25) is 5.78 Å². The van der Waals surface area contributed by atoms with Gasteiger partial charge >= 0.3 is 0 Å². The van der Waals surface area contributed by atoms with Crippen molar-refractivity contribution in [1.29, 1.82) is 5.26 Å². The standard InChI is InChI=1S/C32H28N2OS/c1-21(2)23-13-15-24(16-14-23)36-29-18-17-26-30-25(29)11-6-12-27(30)32(35)28(20-33)31(26)34-19-7-10-22-8-4-3-5-9-22/h3-6,8-9,11-18,21,34H,7,10,19H2,1-2H3. The Morgan fingerprint density at radius 1 is 0.889 bits per heavy atom. The first kappa shape index (κ1) is 23.9. The third-order valence-corrected chi connectivity index (χ3v) is 7.75. The molecule has 0 amide bonds. The molecule has 4 heteroatoms. The van der Waals surface area contributed by atoms with E-state index < -0.39 is 0 Å². The Labute approximate surface area is 216 Å². The highest BCUT2D eigenvalue weighted by atomic mass is 32.2. The van der Waals surface area contributed by atoms with Crippen LogP contribution in [0.5, 0.6) is 0 Å². The van der Waals surface area contributed by atoms with Crippen molar-refractivity contribution in [3.63, 3.8) is 0 Å². The van der Waals surface area contributed by atoms with Crippen LogP contribution in [0.15, 0.2) is 100 Å². The van der Waals surface area contributed by atoms with Gasteiger partial charge in [0.05, 0.1) is 5.70 Å². The molecule has 36 heavy (non-hydrogen) atoms. The molecule has 0 spiro atoms. The summed E-state index contributed by atoms with van der Waals surface area (Å²) >= 11 is 1.70. The lowest BCUT2D eigenvalue weighted by atomic mass is 9.86. The molecular weight excluding hydrogens is 460 g/mol.